The largest absolute Gasteiger partial charge is 0.377 e. The lowest BCUT2D eigenvalue weighted by atomic mass is 10.1. The highest BCUT2D eigenvalue weighted by atomic mass is 35.5. The van der Waals surface area contributed by atoms with Crippen LogP contribution < -0.4 is 5.32 Å². The van der Waals surface area contributed by atoms with E-state index in [4.69, 9.17) is 11.6 Å². The summed E-state index contributed by atoms with van der Waals surface area (Å²) in [6.07, 6.45) is 0. The van der Waals surface area contributed by atoms with Gasteiger partial charge in [0.1, 0.15) is 0 Å². The normalized spacial score (nSPS) is 18.6. The highest BCUT2D eigenvalue weighted by molar-refractivity contribution is 7.99. The fourth-order valence-corrected chi connectivity index (χ4v) is 3.12. The van der Waals surface area contributed by atoms with Crippen LogP contribution in [0.3, 0.4) is 0 Å². The maximum Gasteiger partial charge on any atom is 0.0672 e. The van der Waals surface area contributed by atoms with Crippen LogP contribution in [-0.4, -0.2) is 11.3 Å². The minimum absolute atomic E-state index is 0.135. The molecule has 0 atom stereocenters. The van der Waals surface area contributed by atoms with Gasteiger partial charge in [-0.25, -0.2) is 0 Å². The second-order valence-electron chi connectivity index (χ2n) is 4.42. The quantitative estimate of drug-likeness (QED) is 0.721. The zero-order valence-corrected chi connectivity index (χ0v) is 10.2. The van der Waals surface area contributed by atoms with Gasteiger partial charge in [0.05, 0.1) is 10.7 Å². The Morgan fingerprint density at radius 2 is 2.14 bits per heavy atom. The molecule has 0 spiro atoms. The van der Waals surface area contributed by atoms with Crippen molar-refractivity contribution < 1.29 is 0 Å². The third-order valence-corrected chi connectivity index (χ3v) is 4.05. The Morgan fingerprint density at radius 1 is 1.43 bits per heavy atom. The maximum atomic E-state index is 6.20. The van der Waals surface area contributed by atoms with Crippen LogP contribution in [-0.2, 0) is 0 Å². The first-order valence-electron chi connectivity index (χ1n) is 4.69. The van der Waals surface area contributed by atoms with Crippen molar-refractivity contribution in [2.45, 2.75) is 31.2 Å². The number of hydrogen-bond acceptors (Lipinski definition) is 2. The van der Waals surface area contributed by atoms with Crippen LogP contribution in [0.2, 0.25) is 5.02 Å². The van der Waals surface area contributed by atoms with Gasteiger partial charge in [0.2, 0.25) is 0 Å². The van der Waals surface area contributed by atoms with Crippen molar-refractivity contribution in [1.82, 2.24) is 0 Å². The van der Waals surface area contributed by atoms with E-state index in [2.05, 4.69) is 32.2 Å². The fraction of sp³-hybridized carbons (Fsp3) is 0.455. The fourth-order valence-electron chi connectivity index (χ4n) is 1.58. The van der Waals surface area contributed by atoms with E-state index in [1.165, 1.54) is 10.5 Å². The van der Waals surface area contributed by atoms with Crippen LogP contribution in [0.4, 0.5) is 5.69 Å². The van der Waals surface area contributed by atoms with Crippen LogP contribution in [0.25, 0.3) is 0 Å². The molecule has 0 amide bonds. The molecular weight excluding hydrogens is 214 g/mol. The van der Waals surface area contributed by atoms with E-state index in [0.29, 0.717) is 0 Å². The Kier molecular flexibility index (Phi) is 2.44. The Hall–Kier alpha value is -0.340. The molecule has 0 aliphatic carbocycles. The van der Waals surface area contributed by atoms with Crippen molar-refractivity contribution in [2.24, 2.45) is 0 Å². The summed E-state index contributed by atoms with van der Waals surface area (Å²) in [4.78, 5) is 1.27. The number of benzene rings is 1. The van der Waals surface area contributed by atoms with E-state index >= 15 is 0 Å². The number of rotatable bonds is 0. The van der Waals surface area contributed by atoms with E-state index in [1.807, 2.05) is 17.8 Å². The molecule has 1 nitrogen and oxygen atoms in total. The second-order valence-corrected chi connectivity index (χ2v) is 5.84. The Labute approximate surface area is 94.2 Å². The lowest BCUT2D eigenvalue weighted by Crippen LogP contribution is -2.36. The maximum absolute atomic E-state index is 6.20. The van der Waals surface area contributed by atoms with Crippen LogP contribution in [0.1, 0.15) is 19.4 Å². The first-order chi connectivity index (χ1) is 6.48. The molecule has 2 rings (SSSR count). The SMILES string of the molecule is Cc1cc(Cl)c2c(c1)SCC(C)(C)N2. The first-order valence-corrected chi connectivity index (χ1v) is 6.05. The van der Waals surface area contributed by atoms with Crippen LogP contribution in [0.5, 0.6) is 0 Å². The third kappa shape index (κ3) is 1.86. The third-order valence-electron chi connectivity index (χ3n) is 2.25. The summed E-state index contributed by atoms with van der Waals surface area (Å²) < 4.78 is 0. The van der Waals surface area contributed by atoms with Gasteiger partial charge < -0.3 is 5.32 Å². The molecule has 3 heteroatoms. The van der Waals surface area contributed by atoms with E-state index in [1.54, 1.807) is 0 Å². The molecule has 0 bridgehead atoms. The lowest BCUT2D eigenvalue weighted by Gasteiger charge is -2.33. The van der Waals surface area contributed by atoms with Gasteiger partial charge in [-0.3, -0.25) is 0 Å². The Bertz CT molecular complexity index is 374. The van der Waals surface area contributed by atoms with Gasteiger partial charge in [-0.15, -0.1) is 11.8 Å². The average molecular weight is 228 g/mol. The van der Waals surface area contributed by atoms with Gasteiger partial charge >= 0.3 is 0 Å². The molecule has 1 aliphatic rings. The van der Waals surface area contributed by atoms with Gasteiger partial charge in [-0.2, -0.15) is 0 Å². The minimum Gasteiger partial charge on any atom is -0.377 e. The number of fused-ring (bicyclic) bond motifs is 1. The second kappa shape index (κ2) is 3.35. The average Bonchev–Trinajstić information content (AvgIpc) is 2.06. The monoisotopic (exact) mass is 227 g/mol. The minimum atomic E-state index is 0.135. The van der Waals surface area contributed by atoms with Crippen LogP contribution in [0, 0.1) is 6.92 Å². The molecule has 76 valence electrons. The summed E-state index contributed by atoms with van der Waals surface area (Å²) in [5.74, 6) is 1.08. The molecule has 1 aromatic carbocycles. The molecule has 0 fully saturated rings. The number of anilines is 1. The van der Waals surface area contributed by atoms with Crippen LogP contribution >= 0.6 is 23.4 Å². The predicted octanol–water partition coefficient (Wildman–Crippen LogP) is 3.94. The molecule has 1 aliphatic heterocycles. The van der Waals surface area contributed by atoms with Crippen molar-refractivity contribution in [3.63, 3.8) is 0 Å². The Balaban J connectivity index is 2.47. The number of aryl methyl sites for hydroxylation is 1. The molecule has 0 aromatic heterocycles. The van der Waals surface area contributed by atoms with E-state index < -0.39 is 0 Å². The molecule has 1 aromatic rings. The van der Waals surface area contributed by atoms with Gasteiger partial charge in [0.25, 0.3) is 0 Å². The number of thioether (sulfide) groups is 1. The summed E-state index contributed by atoms with van der Waals surface area (Å²) in [5, 5.41) is 4.31. The molecule has 1 heterocycles. The smallest absolute Gasteiger partial charge is 0.0672 e. The molecule has 0 saturated heterocycles. The molecule has 1 N–H and O–H groups in total. The summed E-state index contributed by atoms with van der Waals surface area (Å²) >= 11 is 8.08. The van der Waals surface area contributed by atoms with Crippen molar-refractivity contribution in [1.29, 1.82) is 0 Å². The number of hydrogen-bond donors (Lipinski definition) is 1. The standard InChI is InChI=1S/C11H14ClNS/c1-7-4-8(12)10-9(5-7)14-6-11(2,3)13-10/h4-5,13H,6H2,1-3H3. The summed E-state index contributed by atoms with van der Waals surface area (Å²) in [7, 11) is 0. The summed E-state index contributed by atoms with van der Waals surface area (Å²) in [5.41, 5.74) is 2.46. The van der Waals surface area contributed by atoms with Gasteiger partial charge in [0, 0.05) is 16.2 Å². The van der Waals surface area contributed by atoms with Crippen molar-refractivity contribution >= 4 is 29.1 Å². The lowest BCUT2D eigenvalue weighted by molar-refractivity contribution is 0.637. The number of nitrogens with one attached hydrogen (secondary N) is 1. The van der Waals surface area contributed by atoms with Crippen molar-refractivity contribution in [3.8, 4) is 0 Å². The number of halogens is 1. The molecule has 0 unspecified atom stereocenters. The zero-order valence-electron chi connectivity index (χ0n) is 8.65. The van der Waals surface area contributed by atoms with E-state index in [9.17, 15) is 0 Å². The topological polar surface area (TPSA) is 12.0 Å². The summed E-state index contributed by atoms with van der Waals surface area (Å²) in [6.45, 7) is 6.46. The van der Waals surface area contributed by atoms with Crippen molar-refractivity contribution in [2.75, 3.05) is 11.1 Å². The highest BCUT2D eigenvalue weighted by Gasteiger charge is 2.26. The van der Waals surface area contributed by atoms with E-state index in [0.717, 1.165) is 16.5 Å². The molecule has 0 radical (unpaired) electrons. The zero-order chi connectivity index (χ0) is 10.3. The van der Waals surface area contributed by atoms with Gasteiger partial charge in [-0.05, 0) is 38.5 Å². The Morgan fingerprint density at radius 3 is 2.86 bits per heavy atom. The van der Waals surface area contributed by atoms with Crippen molar-refractivity contribution in [3.05, 3.63) is 22.7 Å². The predicted molar refractivity (Wildman–Crippen MR) is 64.6 cm³/mol. The highest BCUT2D eigenvalue weighted by Crippen LogP contribution is 2.41. The molecule has 14 heavy (non-hydrogen) atoms. The first kappa shape index (κ1) is 10.2. The molecule has 0 saturated carbocycles. The van der Waals surface area contributed by atoms with Gasteiger partial charge in [-0.1, -0.05) is 11.6 Å². The van der Waals surface area contributed by atoms with Crippen LogP contribution in [0.15, 0.2) is 17.0 Å². The van der Waals surface area contributed by atoms with Gasteiger partial charge in [0.15, 0.2) is 0 Å². The molecular formula is C11H14ClNS. The summed E-state index contributed by atoms with van der Waals surface area (Å²) in [6, 6.07) is 4.20. The van der Waals surface area contributed by atoms with E-state index in [-0.39, 0.29) is 5.54 Å².